The summed E-state index contributed by atoms with van der Waals surface area (Å²) in [6, 6.07) is 0. The molecule has 1 heterocycles. The van der Waals surface area contributed by atoms with E-state index in [0.717, 1.165) is 5.70 Å². The van der Waals surface area contributed by atoms with Crippen molar-refractivity contribution >= 4 is 6.72 Å². The minimum atomic E-state index is 1.06. The lowest BCUT2D eigenvalue weighted by Gasteiger charge is -2.18. The fraction of sp³-hybridized carbons (Fsp3) is 0.222. The lowest BCUT2D eigenvalue weighted by Crippen LogP contribution is -2.10. The number of nitrogens with zero attached hydrogens (tertiary/aromatic N) is 2. The second kappa shape index (κ2) is 3.19. The Morgan fingerprint density at radius 2 is 2.27 bits per heavy atom. The van der Waals surface area contributed by atoms with Crippen molar-refractivity contribution in [1.82, 2.24) is 5.01 Å². The maximum absolute atomic E-state index is 3.84. The average molecular weight is 148 g/mol. The van der Waals surface area contributed by atoms with E-state index in [9.17, 15) is 0 Å². The summed E-state index contributed by atoms with van der Waals surface area (Å²) in [4.78, 5) is 0. The molecule has 0 saturated heterocycles. The molecule has 0 amide bonds. The molecule has 2 heteroatoms. The summed E-state index contributed by atoms with van der Waals surface area (Å²) in [7, 11) is 0. The first-order chi connectivity index (χ1) is 5.27. The first-order valence-corrected chi connectivity index (χ1v) is 3.56. The van der Waals surface area contributed by atoms with Gasteiger partial charge >= 0.3 is 0 Å². The van der Waals surface area contributed by atoms with Crippen LogP contribution in [0.25, 0.3) is 0 Å². The molecule has 0 radical (unpaired) electrons. The largest absolute Gasteiger partial charge is 0.242 e. The van der Waals surface area contributed by atoms with Gasteiger partial charge in [0, 0.05) is 12.9 Å². The molecule has 1 aliphatic heterocycles. The Morgan fingerprint density at radius 1 is 1.55 bits per heavy atom. The van der Waals surface area contributed by atoms with E-state index in [-0.39, 0.29) is 0 Å². The van der Waals surface area contributed by atoms with E-state index < -0.39 is 0 Å². The molecule has 58 valence electrons. The lowest BCUT2D eigenvalue weighted by atomic mass is 10.2. The standard InChI is InChI=1S/C9H12N2/c1-4-9-6-5-8(2)7-11(9)10-3/h4-7H,3H2,1-2H3/b9-4-. The number of hydrazone groups is 1. The molecular formula is C9H12N2. The summed E-state index contributed by atoms with van der Waals surface area (Å²) in [5.74, 6) is 0. The van der Waals surface area contributed by atoms with Crippen molar-refractivity contribution in [3.05, 3.63) is 35.7 Å². The van der Waals surface area contributed by atoms with Gasteiger partial charge in [-0.1, -0.05) is 12.2 Å². The molecule has 11 heavy (non-hydrogen) atoms. The van der Waals surface area contributed by atoms with Crippen LogP contribution in [0.3, 0.4) is 0 Å². The van der Waals surface area contributed by atoms with Gasteiger partial charge in [0.1, 0.15) is 0 Å². The molecule has 0 aromatic heterocycles. The molecule has 1 aliphatic rings. The zero-order valence-corrected chi connectivity index (χ0v) is 6.91. The molecule has 0 aromatic rings. The van der Waals surface area contributed by atoms with Crippen LogP contribution in [0.2, 0.25) is 0 Å². The van der Waals surface area contributed by atoms with Crippen LogP contribution in [0, 0.1) is 0 Å². The van der Waals surface area contributed by atoms with Crippen molar-refractivity contribution in [3.63, 3.8) is 0 Å². The van der Waals surface area contributed by atoms with E-state index in [4.69, 9.17) is 0 Å². The number of rotatable bonds is 1. The third-order valence-corrected chi connectivity index (χ3v) is 1.56. The van der Waals surface area contributed by atoms with Gasteiger partial charge in [-0.2, -0.15) is 5.10 Å². The van der Waals surface area contributed by atoms with E-state index in [0.29, 0.717) is 0 Å². The highest BCUT2D eigenvalue weighted by atomic mass is 15.4. The molecule has 0 bridgehead atoms. The lowest BCUT2D eigenvalue weighted by molar-refractivity contribution is 0.510. The van der Waals surface area contributed by atoms with Gasteiger partial charge in [-0.15, -0.1) is 0 Å². The van der Waals surface area contributed by atoms with Crippen LogP contribution in [-0.2, 0) is 0 Å². The predicted molar refractivity (Wildman–Crippen MR) is 48.0 cm³/mol. The van der Waals surface area contributed by atoms with Crippen LogP contribution in [0.1, 0.15) is 13.8 Å². The Labute approximate surface area is 67.2 Å². The summed E-state index contributed by atoms with van der Waals surface area (Å²) >= 11 is 0. The molecule has 0 unspecified atom stereocenters. The molecule has 1 rings (SSSR count). The van der Waals surface area contributed by atoms with Gasteiger partial charge in [0.05, 0.1) is 5.70 Å². The SMILES string of the molecule is C=NN1C=C(C)C=C/C1=C/C. The van der Waals surface area contributed by atoms with Crippen molar-refractivity contribution in [2.75, 3.05) is 0 Å². The van der Waals surface area contributed by atoms with Gasteiger partial charge in [-0.25, -0.2) is 5.01 Å². The average Bonchev–Trinajstić information content (AvgIpc) is 2.04. The highest BCUT2D eigenvalue weighted by Crippen LogP contribution is 2.15. The second-order valence-electron chi connectivity index (χ2n) is 2.41. The number of hydrogen-bond acceptors (Lipinski definition) is 2. The van der Waals surface area contributed by atoms with E-state index in [1.54, 1.807) is 5.01 Å². The van der Waals surface area contributed by atoms with Crippen molar-refractivity contribution in [1.29, 1.82) is 0 Å². The Bertz CT molecular complexity index is 246. The minimum Gasteiger partial charge on any atom is -0.242 e. The van der Waals surface area contributed by atoms with E-state index in [1.165, 1.54) is 5.57 Å². The summed E-state index contributed by atoms with van der Waals surface area (Å²) < 4.78 is 0. The molecule has 0 N–H and O–H groups in total. The molecule has 0 saturated carbocycles. The van der Waals surface area contributed by atoms with Gasteiger partial charge in [0.15, 0.2) is 0 Å². The zero-order valence-electron chi connectivity index (χ0n) is 6.91. The summed E-state index contributed by atoms with van der Waals surface area (Å²) in [5.41, 5.74) is 2.24. The predicted octanol–water partition coefficient (Wildman–Crippen LogP) is 2.28. The maximum Gasteiger partial charge on any atom is 0.0602 e. The van der Waals surface area contributed by atoms with Gasteiger partial charge in [-0.05, 0) is 25.5 Å². The van der Waals surface area contributed by atoms with Gasteiger partial charge < -0.3 is 0 Å². The van der Waals surface area contributed by atoms with Crippen LogP contribution in [0.5, 0.6) is 0 Å². The van der Waals surface area contributed by atoms with Crippen molar-refractivity contribution in [3.8, 4) is 0 Å². The van der Waals surface area contributed by atoms with Crippen LogP contribution < -0.4 is 0 Å². The fourth-order valence-electron chi connectivity index (χ4n) is 0.955. The molecule has 2 nitrogen and oxygen atoms in total. The van der Waals surface area contributed by atoms with E-state index in [2.05, 4.69) is 17.9 Å². The van der Waals surface area contributed by atoms with Crippen LogP contribution in [0.15, 0.2) is 40.8 Å². The Morgan fingerprint density at radius 3 is 2.82 bits per heavy atom. The van der Waals surface area contributed by atoms with Gasteiger partial charge in [-0.3, -0.25) is 0 Å². The first kappa shape index (κ1) is 7.79. The van der Waals surface area contributed by atoms with E-state index in [1.807, 2.05) is 32.2 Å². The Kier molecular flexibility index (Phi) is 2.26. The van der Waals surface area contributed by atoms with Crippen LogP contribution >= 0.6 is 0 Å². The third kappa shape index (κ3) is 1.58. The molecule has 0 fully saturated rings. The van der Waals surface area contributed by atoms with Crippen LogP contribution in [-0.4, -0.2) is 11.7 Å². The first-order valence-electron chi connectivity index (χ1n) is 3.56. The quantitative estimate of drug-likeness (QED) is 0.521. The smallest absolute Gasteiger partial charge is 0.0602 e. The normalized spacial score (nSPS) is 20.4. The molecule has 0 spiro atoms. The minimum absolute atomic E-state index is 1.06. The van der Waals surface area contributed by atoms with Crippen molar-refractivity contribution < 1.29 is 0 Å². The highest BCUT2D eigenvalue weighted by Gasteiger charge is 2.03. The number of allylic oxidation sites excluding steroid dienone is 4. The Balaban J connectivity index is 2.92. The molecule has 0 aromatic carbocycles. The van der Waals surface area contributed by atoms with Crippen LogP contribution in [0.4, 0.5) is 0 Å². The zero-order chi connectivity index (χ0) is 8.27. The number of hydrogen-bond donors (Lipinski definition) is 0. The topological polar surface area (TPSA) is 15.6 Å². The van der Waals surface area contributed by atoms with Crippen molar-refractivity contribution in [2.45, 2.75) is 13.8 Å². The third-order valence-electron chi connectivity index (χ3n) is 1.56. The molecular weight excluding hydrogens is 136 g/mol. The monoisotopic (exact) mass is 148 g/mol. The van der Waals surface area contributed by atoms with E-state index >= 15 is 0 Å². The fourth-order valence-corrected chi connectivity index (χ4v) is 0.955. The molecule has 0 aliphatic carbocycles. The summed E-state index contributed by atoms with van der Waals surface area (Å²) in [6.45, 7) is 7.48. The summed E-state index contributed by atoms with van der Waals surface area (Å²) in [5, 5.41) is 5.60. The second-order valence-corrected chi connectivity index (χ2v) is 2.41. The maximum atomic E-state index is 3.84. The van der Waals surface area contributed by atoms with Gasteiger partial charge in [0.2, 0.25) is 0 Å². The summed E-state index contributed by atoms with van der Waals surface area (Å²) in [6.07, 6.45) is 8.01. The molecule has 0 atom stereocenters. The highest BCUT2D eigenvalue weighted by molar-refractivity contribution is 5.34. The Hall–Kier alpha value is -1.31. The van der Waals surface area contributed by atoms with Crippen molar-refractivity contribution in [2.24, 2.45) is 5.10 Å². The van der Waals surface area contributed by atoms with Gasteiger partial charge in [0.25, 0.3) is 0 Å².